The van der Waals surface area contributed by atoms with Crippen LogP contribution in [0.5, 0.6) is 0 Å². The molecule has 0 aromatic rings. The van der Waals surface area contributed by atoms with Gasteiger partial charge in [0.2, 0.25) is 0 Å². The van der Waals surface area contributed by atoms with Gasteiger partial charge in [0.25, 0.3) is 0 Å². The standard InChI is InChI=1S/C9H23GeN2/c1-6-11(7-2)10(5)12(8-3)9-4/h6-9H2,1-5H3. The van der Waals surface area contributed by atoms with Gasteiger partial charge in [-0.05, 0) is 0 Å². The Bertz CT molecular complexity index is 88.7. The topological polar surface area (TPSA) is 6.48 Å². The predicted octanol–water partition coefficient (Wildman–Crippen LogP) is 1.79. The van der Waals surface area contributed by atoms with E-state index in [9.17, 15) is 0 Å². The van der Waals surface area contributed by atoms with Crippen molar-refractivity contribution >= 4 is 14.8 Å². The zero-order valence-electron chi connectivity index (χ0n) is 9.22. The van der Waals surface area contributed by atoms with Crippen molar-refractivity contribution in [2.24, 2.45) is 0 Å². The van der Waals surface area contributed by atoms with Crippen LogP contribution in [0.15, 0.2) is 0 Å². The van der Waals surface area contributed by atoms with E-state index in [1.165, 1.54) is 26.2 Å². The van der Waals surface area contributed by atoms with Crippen molar-refractivity contribution in [1.29, 1.82) is 0 Å². The Balaban J connectivity index is 4.02. The van der Waals surface area contributed by atoms with E-state index in [2.05, 4.69) is 41.2 Å². The first-order valence-corrected chi connectivity index (χ1v) is 9.02. The summed E-state index contributed by atoms with van der Waals surface area (Å²) in [6.07, 6.45) is 0. The molecule has 0 bridgehead atoms. The van der Waals surface area contributed by atoms with Crippen LogP contribution >= 0.6 is 0 Å². The second kappa shape index (κ2) is 6.92. The third kappa shape index (κ3) is 3.46. The molecule has 0 fully saturated rings. The second-order valence-electron chi connectivity index (χ2n) is 2.89. The molecule has 1 radical (unpaired) electrons. The molecule has 0 rings (SSSR count). The first-order valence-electron chi connectivity index (χ1n) is 5.04. The van der Waals surface area contributed by atoms with E-state index in [1.54, 1.807) is 0 Å². The maximum absolute atomic E-state index is 2.65. The third-order valence-corrected chi connectivity index (χ3v) is 8.94. The summed E-state index contributed by atoms with van der Waals surface area (Å²) in [6.45, 7) is 14.0. The third-order valence-electron chi connectivity index (χ3n) is 2.44. The van der Waals surface area contributed by atoms with Crippen molar-refractivity contribution < 1.29 is 0 Å². The molecule has 3 heteroatoms. The molecule has 0 aliphatic heterocycles. The Hall–Kier alpha value is 0.463. The number of rotatable bonds is 6. The number of hydrogen-bond donors (Lipinski definition) is 0. The molecule has 0 aromatic carbocycles. The molecule has 0 heterocycles. The van der Waals surface area contributed by atoms with Gasteiger partial charge in [-0.15, -0.1) is 0 Å². The van der Waals surface area contributed by atoms with Crippen LogP contribution in [0.3, 0.4) is 0 Å². The van der Waals surface area contributed by atoms with E-state index in [1.807, 2.05) is 0 Å². The molecule has 0 amide bonds. The van der Waals surface area contributed by atoms with Crippen molar-refractivity contribution in [3.63, 3.8) is 0 Å². The molecule has 12 heavy (non-hydrogen) atoms. The summed E-state index contributed by atoms with van der Waals surface area (Å²) in [4.78, 5) is 0. The first kappa shape index (κ1) is 12.5. The van der Waals surface area contributed by atoms with E-state index in [0.717, 1.165) is 0 Å². The molecule has 2 nitrogen and oxygen atoms in total. The molecule has 0 saturated carbocycles. The summed E-state index contributed by atoms with van der Waals surface area (Å²) in [5.74, 6) is 2.46. The van der Waals surface area contributed by atoms with Crippen LogP contribution in [0.1, 0.15) is 27.7 Å². The Morgan fingerprint density at radius 1 is 0.750 bits per heavy atom. The van der Waals surface area contributed by atoms with Crippen LogP contribution < -0.4 is 0 Å². The summed E-state index contributed by atoms with van der Waals surface area (Å²) in [6, 6.07) is 0. The molecule has 0 spiro atoms. The molecule has 0 aromatic heterocycles. The summed E-state index contributed by atoms with van der Waals surface area (Å²) in [5, 5.41) is 0. The quantitative estimate of drug-likeness (QED) is 0.644. The average molecular weight is 232 g/mol. The Morgan fingerprint density at radius 3 is 1.17 bits per heavy atom. The molecule has 0 saturated heterocycles. The monoisotopic (exact) mass is 233 g/mol. The minimum absolute atomic E-state index is 1.04. The Kier molecular flexibility index (Phi) is 7.19. The summed E-state index contributed by atoms with van der Waals surface area (Å²) in [5.41, 5.74) is 0. The minimum atomic E-state index is -1.04. The van der Waals surface area contributed by atoms with Crippen molar-refractivity contribution in [2.45, 2.75) is 33.5 Å². The molecular weight excluding hydrogens is 209 g/mol. The fourth-order valence-corrected chi connectivity index (χ4v) is 6.24. The van der Waals surface area contributed by atoms with Crippen molar-refractivity contribution in [2.75, 3.05) is 26.2 Å². The molecule has 0 unspecified atom stereocenters. The number of nitrogens with zero attached hydrogens (tertiary/aromatic N) is 2. The molecule has 73 valence electrons. The van der Waals surface area contributed by atoms with Crippen molar-refractivity contribution in [1.82, 2.24) is 7.71 Å². The van der Waals surface area contributed by atoms with Gasteiger partial charge in [-0.3, -0.25) is 0 Å². The zero-order valence-corrected chi connectivity index (χ0v) is 11.3. The van der Waals surface area contributed by atoms with Crippen LogP contribution in [0, 0.1) is 0 Å². The van der Waals surface area contributed by atoms with Gasteiger partial charge in [0.1, 0.15) is 0 Å². The SMILES string of the molecule is CC[N](CC)[Ge]([CH3])[N](CC)CC. The van der Waals surface area contributed by atoms with Crippen LogP contribution in [-0.4, -0.2) is 48.7 Å². The fourth-order valence-electron chi connectivity index (χ4n) is 1.56. The Labute approximate surface area is 82.5 Å². The summed E-state index contributed by atoms with van der Waals surface area (Å²) < 4.78 is 5.29. The van der Waals surface area contributed by atoms with Crippen LogP contribution in [0.4, 0.5) is 0 Å². The number of hydrogen-bond acceptors (Lipinski definition) is 2. The van der Waals surface area contributed by atoms with Gasteiger partial charge in [-0.1, -0.05) is 0 Å². The van der Waals surface area contributed by atoms with E-state index >= 15 is 0 Å². The normalized spacial score (nSPS) is 12.0. The van der Waals surface area contributed by atoms with Gasteiger partial charge in [-0.2, -0.15) is 0 Å². The average Bonchev–Trinajstić information content (AvgIpc) is 2.09. The van der Waals surface area contributed by atoms with Gasteiger partial charge >= 0.3 is 82.1 Å². The molecule has 0 aliphatic carbocycles. The van der Waals surface area contributed by atoms with Gasteiger partial charge < -0.3 is 0 Å². The molecule has 0 N–H and O–H groups in total. The van der Waals surface area contributed by atoms with E-state index < -0.39 is 14.8 Å². The van der Waals surface area contributed by atoms with Crippen LogP contribution in [0.25, 0.3) is 0 Å². The molecule has 0 atom stereocenters. The van der Waals surface area contributed by atoms with Gasteiger partial charge in [0.05, 0.1) is 0 Å². The summed E-state index contributed by atoms with van der Waals surface area (Å²) >= 11 is -1.04. The second-order valence-corrected chi connectivity index (χ2v) is 7.84. The van der Waals surface area contributed by atoms with E-state index in [0.29, 0.717) is 0 Å². The van der Waals surface area contributed by atoms with Crippen LogP contribution in [-0.2, 0) is 0 Å². The summed E-state index contributed by atoms with van der Waals surface area (Å²) in [7, 11) is 0. The first-order chi connectivity index (χ1) is 5.71. The van der Waals surface area contributed by atoms with Crippen LogP contribution in [0.2, 0.25) is 5.76 Å². The fraction of sp³-hybridized carbons (Fsp3) is 1.00. The van der Waals surface area contributed by atoms with Crippen molar-refractivity contribution in [3.8, 4) is 0 Å². The van der Waals surface area contributed by atoms with Crippen molar-refractivity contribution in [3.05, 3.63) is 0 Å². The predicted molar refractivity (Wildman–Crippen MR) is 57.5 cm³/mol. The molecule has 0 aliphatic rings. The van der Waals surface area contributed by atoms with E-state index in [4.69, 9.17) is 0 Å². The van der Waals surface area contributed by atoms with Gasteiger partial charge in [0.15, 0.2) is 0 Å². The Morgan fingerprint density at radius 2 is 1.00 bits per heavy atom. The maximum atomic E-state index is 2.65. The van der Waals surface area contributed by atoms with Gasteiger partial charge in [0, 0.05) is 0 Å². The van der Waals surface area contributed by atoms with E-state index in [-0.39, 0.29) is 0 Å². The van der Waals surface area contributed by atoms with Gasteiger partial charge in [-0.25, -0.2) is 0 Å². The zero-order chi connectivity index (χ0) is 9.56. The molecular formula is C9H23GeN2.